The molecule has 0 amide bonds. The molecule has 18 heavy (non-hydrogen) atoms. The van der Waals surface area contributed by atoms with Crippen molar-refractivity contribution in [2.45, 2.75) is 16.3 Å². The fraction of sp³-hybridized carbons (Fsp3) is 0.143. The van der Waals surface area contributed by atoms with E-state index >= 15 is 0 Å². The highest BCUT2D eigenvalue weighted by molar-refractivity contribution is 9.10. The molecule has 0 fully saturated rings. The molecule has 0 bridgehead atoms. The van der Waals surface area contributed by atoms with Crippen LogP contribution in [0.4, 0.5) is 4.39 Å². The molecule has 1 N–H and O–H groups in total. The van der Waals surface area contributed by atoms with E-state index in [4.69, 9.17) is 0 Å². The molecule has 1 nitrogen and oxygen atoms in total. The van der Waals surface area contributed by atoms with Crippen LogP contribution in [0.15, 0.2) is 56.7 Å². The van der Waals surface area contributed by atoms with Crippen LogP contribution in [-0.2, 0) is 6.54 Å². The first-order valence-electron chi connectivity index (χ1n) is 5.55. The summed E-state index contributed by atoms with van der Waals surface area (Å²) in [6.45, 7) is 0.837. The zero-order valence-electron chi connectivity index (χ0n) is 9.91. The van der Waals surface area contributed by atoms with Gasteiger partial charge in [-0.1, -0.05) is 23.9 Å². The summed E-state index contributed by atoms with van der Waals surface area (Å²) in [5, 5.41) is 3.11. The predicted octanol–water partition coefficient (Wildman–Crippen LogP) is 4.46. The first-order valence-corrected chi connectivity index (χ1v) is 7.16. The van der Waals surface area contributed by atoms with Crippen molar-refractivity contribution in [1.82, 2.24) is 5.32 Å². The second-order valence-corrected chi connectivity index (χ2v) is 5.82. The molecular weight excluding hydrogens is 313 g/mol. The summed E-state index contributed by atoms with van der Waals surface area (Å²) in [4.78, 5) is 1.98. The van der Waals surface area contributed by atoms with E-state index in [1.165, 1.54) is 11.6 Å². The van der Waals surface area contributed by atoms with Gasteiger partial charge in [-0.05, 0) is 58.9 Å². The number of hydrogen-bond donors (Lipinski definition) is 1. The molecule has 4 heteroatoms. The molecule has 0 spiro atoms. The van der Waals surface area contributed by atoms with Crippen LogP contribution in [0.1, 0.15) is 5.56 Å². The number of benzene rings is 2. The van der Waals surface area contributed by atoms with Crippen molar-refractivity contribution in [2.75, 3.05) is 7.05 Å². The van der Waals surface area contributed by atoms with Crippen molar-refractivity contribution in [3.8, 4) is 0 Å². The summed E-state index contributed by atoms with van der Waals surface area (Å²) in [6.07, 6.45) is 0. The highest BCUT2D eigenvalue weighted by atomic mass is 79.9. The summed E-state index contributed by atoms with van der Waals surface area (Å²) in [6, 6.07) is 12.8. The summed E-state index contributed by atoms with van der Waals surface area (Å²) >= 11 is 5.10. The second-order valence-electron chi connectivity index (χ2n) is 3.85. The Hall–Kier alpha value is -0.840. The zero-order chi connectivity index (χ0) is 13.0. The zero-order valence-corrected chi connectivity index (χ0v) is 12.3. The minimum absolute atomic E-state index is 0.206. The molecule has 94 valence electrons. The molecule has 0 radical (unpaired) electrons. The molecule has 0 saturated heterocycles. The van der Waals surface area contributed by atoms with Gasteiger partial charge in [0.2, 0.25) is 0 Å². The number of halogens is 2. The van der Waals surface area contributed by atoms with Gasteiger partial charge in [0.05, 0.1) is 0 Å². The standard InChI is InChI=1S/C14H13BrFNS/c1-17-9-10-5-6-14(13(15)7-10)18-12-4-2-3-11(16)8-12/h2-8,17H,9H2,1H3. The van der Waals surface area contributed by atoms with Crippen molar-refractivity contribution in [3.05, 3.63) is 58.3 Å². The van der Waals surface area contributed by atoms with Crippen LogP contribution in [0.25, 0.3) is 0 Å². The lowest BCUT2D eigenvalue weighted by atomic mass is 10.2. The first kappa shape index (κ1) is 13.6. The monoisotopic (exact) mass is 325 g/mol. The Bertz CT molecular complexity index is 545. The minimum atomic E-state index is -0.206. The average Bonchev–Trinajstić information content (AvgIpc) is 2.33. The maximum Gasteiger partial charge on any atom is 0.124 e. The van der Waals surface area contributed by atoms with Crippen LogP contribution in [0.2, 0.25) is 0 Å². The molecule has 0 heterocycles. The van der Waals surface area contributed by atoms with Crippen molar-refractivity contribution >= 4 is 27.7 Å². The molecule has 2 aromatic rings. The van der Waals surface area contributed by atoms with Crippen LogP contribution >= 0.6 is 27.7 Å². The Morgan fingerprint density at radius 3 is 2.72 bits per heavy atom. The summed E-state index contributed by atoms with van der Waals surface area (Å²) in [7, 11) is 1.92. The second kappa shape index (κ2) is 6.36. The van der Waals surface area contributed by atoms with Gasteiger partial charge >= 0.3 is 0 Å². The Morgan fingerprint density at radius 2 is 2.06 bits per heavy atom. The molecule has 0 unspecified atom stereocenters. The van der Waals surface area contributed by atoms with Crippen LogP contribution in [0.3, 0.4) is 0 Å². The van der Waals surface area contributed by atoms with E-state index in [1.54, 1.807) is 23.9 Å². The van der Waals surface area contributed by atoms with Gasteiger partial charge in [0.15, 0.2) is 0 Å². The summed E-state index contributed by atoms with van der Waals surface area (Å²) in [5.74, 6) is -0.206. The molecule has 2 rings (SSSR count). The lowest BCUT2D eigenvalue weighted by molar-refractivity contribution is 0.624. The maximum atomic E-state index is 13.1. The molecule has 0 atom stereocenters. The predicted molar refractivity (Wildman–Crippen MR) is 77.4 cm³/mol. The van der Waals surface area contributed by atoms with Gasteiger partial charge in [0.1, 0.15) is 5.82 Å². The molecule has 0 saturated carbocycles. The third-order valence-corrected chi connectivity index (χ3v) is 4.39. The SMILES string of the molecule is CNCc1ccc(Sc2cccc(F)c2)c(Br)c1. The van der Waals surface area contributed by atoms with E-state index < -0.39 is 0 Å². The summed E-state index contributed by atoms with van der Waals surface area (Å²) < 4.78 is 14.1. The molecule has 0 aliphatic rings. The topological polar surface area (TPSA) is 12.0 Å². The molecule has 0 aliphatic heterocycles. The van der Waals surface area contributed by atoms with E-state index in [1.807, 2.05) is 19.2 Å². The van der Waals surface area contributed by atoms with Crippen LogP contribution < -0.4 is 5.32 Å². The van der Waals surface area contributed by atoms with Crippen LogP contribution in [-0.4, -0.2) is 7.05 Å². The van der Waals surface area contributed by atoms with Crippen LogP contribution in [0.5, 0.6) is 0 Å². The average molecular weight is 326 g/mol. The van der Waals surface area contributed by atoms with Gasteiger partial charge in [-0.3, -0.25) is 0 Å². The third kappa shape index (κ3) is 3.57. The highest BCUT2D eigenvalue weighted by Crippen LogP contribution is 2.34. The van der Waals surface area contributed by atoms with Gasteiger partial charge in [0.25, 0.3) is 0 Å². The van der Waals surface area contributed by atoms with Gasteiger partial charge in [-0.25, -0.2) is 4.39 Å². The molecule has 2 aromatic carbocycles. The van der Waals surface area contributed by atoms with Crippen molar-refractivity contribution < 1.29 is 4.39 Å². The fourth-order valence-electron chi connectivity index (χ4n) is 1.60. The van der Waals surface area contributed by atoms with E-state index in [-0.39, 0.29) is 5.82 Å². The maximum absolute atomic E-state index is 13.1. The van der Waals surface area contributed by atoms with E-state index in [0.29, 0.717) is 0 Å². The molecule has 0 aromatic heterocycles. The van der Waals surface area contributed by atoms with Crippen molar-refractivity contribution in [1.29, 1.82) is 0 Å². The van der Waals surface area contributed by atoms with E-state index in [9.17, 15) is 4.39 Å². The van der Waals surface area contributed by atoms with Gasteiger partial charge in [-0.15, -0.1) is 0 Å². The quantitative estimate of drug-likeness (QED) is 0.890. The number of nitrogens with one attached hydrogen (secondary N) is 1. The van der Waals surface area contributed by atoms with E-state index in [0.717, 1.165) is 20.8 Å². The van der Waals surface area contributed by atoms with Crippen molar-refractivity contribution in [2.24, 2.45) is 0 Å². The number of rotatable bonds is 4. The lowest BCUT2D eigenvalue weighted by Gasteiger charge is -2.07. The first-order chi connectivity index (χ1) is 8.69. The Labute approximate surface area is 119 Å². The van der Waals surface area contributed by atoms with Gasteiger partial charge in [-0.2, -0.15) is 0 Å². The Morgan fingerprint density at radius 1 is 1.22 bits per heavy atom. The van der Waals surface area contributed by atoms with Crippen LogP contribution in [0, 0.1) is 5.82 Å². The highest BCUT2D eigenvalue weighted by Gasteiger charge is 2.04. The third-order valence-electron chi connectivity index (χ3n) is 2.40. The summed E-state index contributed by atoms with van der Waals surface area (Å²) in [5.41, 5.74) is 1.22. The largest absolute Gasteiger partial charge is 0.316 e. The van der Waals surface area contributed by atoms with E-state index in [2.05, 4.69) is 33.4 Å². The Kier molecular flexibility index (Phi) is 4.80. The number of hydrogen-bond acceptors (Lipinski definition) is 2. The fourth-order valence-corrected chi connectivity index (χ4v) is 3.13. The minimum Gasteiger partial charge on any atom is -0.316 e. The smallest absolute Gasteiger partial charge is 0.124 e. The molecular formula is C14H13BrFNS. The Balaban J connectivity index is 2.19. The van der Waals surface area contributed by atoms with Gasteiger partial charge in [0, 0.05) is 20.8 Å². The van der Waals surface area contributed by atoms with Crippen molar-refractivity contribution in [3.63, 3.8) is 0 Å². The molecule has 0 aliphatic carbocycles. The van der Waals surface area contributed by atoms with Gasteiger partial charge < -0.3 is 5.32 Å². The lowest BCUT2D eigenvalue weighted by Crippen LogP contribution is -2.04. The normalized spacial score (nSPS) is 10.6.